The fourth-order valence-corrected chi connectivity index (χ4v) is 2.85. The van der Waals surface area contributed by atoms with Crippen molar-refractivity contribution in [2.45, 2.75) is 0 Å². The number of fused-ring (bicyclic) bond motifs is 1. The van der Waals surface area contributed by atoms with Gasteiger partial charge in [-0.2, -0.15) is 0 Å². The quantitative estimate of drug-likeness (QED) is 0.856. The first-order valence-corrected chi connectivity index (χ1v) is 6.93. The fourth-order valence-electron chi connectivity index (χ4n) is 2.53. The number of imidazole rings is 1. The molecule has 3 rings (SSSR count). The second-order valence-electron chi connectivity index (χ2n) is 5.00. The Balaban J connectivity index is 2.10. The molecule has 108 valence electrons. The van der Waals surface area contributed by atoms with E-state index in [0.29, 0.717) is 10.3 Å². The van der Waals surface area contributed by atoms with Gasteiger partial charge in [-0.3, -0.25) is 0 Å². The molecule has 0 bridgehead atoms. The zero-order valence-electron chi connectivity index (χ0n) is 11.5. The maximum atomic E-state index is 13.7. The van der Waals surface area contributed by atoms with Gasteiger partial charge in [-0.05, 0) is 19.3 Å². The number of halogens is 1. The zero-order chi connectivity index (χ0) is 14.3. The molecule has 1 aromatic heterocycles. The van der Waals surface area contributed by atoms with Crippen LogP contribution in [-0.4, -0.2) is 54.9 Å². The second-order valence-corrected chi connectivity index (χ2v) is 5.39. The molecule has 1 fully saturated rings. The van der Waals surface area contributed by atoms with Crippen LogP contribution < -0.4 is 9.75 Å². The molecule has 0 radical (unpaired) electrons. The Morgan fingerprint density at radius 2 is 1.95 bits per heavy atom. The number of methoxy groups -OCH3 is 1. The van der Waals surface area contributed by atoms with Gasteiger partial charge in [-0.1, -0.05) is 0 Å². The Morgan fingerprint density at radius 1 is 1.25 bits per heavy atom. The number of likely N-dealkylation sites (N-methyl/N-ethyl adjacent to an activating group) is 1. The van der Waals surface area contributed by atoms with Gasteiger partial charge in [0.05, 0.1) is 18.1 Å². The first kappa shape index (κ1) is 13.4. The van der Waals surface area contributed by atoms with E-state index >= 15 is 0 Å². The Bertz CT molecular complexity index is 687. The van der Waals surface area contributed by atoms with E-state index in [4.69, 9.17) is 17.0 Å². The van der Waals surface area contributed by atoms with Crippen molar-refractivity contribution in [3.8, 4) is 5.75 Å². The number of rotatable bonds is 2. The monoisotopic (exact) mass is 296 g/mol. The molecule has 2 aromatic rings. The minimum Gasteiger partial charge on any atom is -0.494 e. The van der Waals surface area contributed by atoms with E-state index in [-0.39, 0.29) is 11.6 Å². The number of hydrogen-bond acceptors (Lipinski definition) is 4. The molecular weight excluding hydrogens is 279 g/mol. The first-order valence-electron chi connectivity index (χ1n) is 6.52. The van der Waals surface area contributed by atoms with Gasteiger partial charge in [0.1, 0.15) is 0 Å². The number of nitrogens with zero attached hydrogens (tertiary/aromatic N) is 3. The number of hydrogen-bond donors (Lipinski definition) is 1. The van der Waals surface area contributed by atoms with Gasteiger partial charge in [0.2, 0.25) is 0 Å². The SMILES string of the molecule is COc1cc2c(cc1F)[nH]c(=S)n2N1CCN(C)CC1. The summed E-state index contributed by atoms with van der Waals surface area (Å²) in [7, 11) is 3.57. The number of ether oxygens (including phenoxy) is 1. The summed E-state index contributed by atoms with van der Waals surface area (Å²) < 4.78 is 21.3. The zero-order valence-corrected chi connectivity index (χ0v) is 12.3. The van der Waals surface area contributed by atoms with E-state index in [9.17, 15) is 4.39 Å². The van der Waals surface area contributed by atoms with Crippen molar-refractivity contribution in [2.75, 3.05) is 45.3 Å². The van der Waals surface area contributed by atoms with Crippen LogP contribution in [0.5, 0.6) is 5.75 Å². The van der Waals surface area contributed by atoms with Crippen LogP contribution in [0.25, 0.3) is 11.0 Å². The lowest BCUT2D eigenvalue weighted by Gasteiger charge is -2.34. The van der Waals surface area contributed by atoms with E-state index < -0.39 is 0 Å². The highest BCUT2D eigenvalue weighted by Crippen LogP contribution is 2.25. The molecule has 1 aliphatic heterocycles. The van der Waals surface area contributed by atoms with E-state index in [2.05, 4.69) is 21.9 Å². The number of aromatic amines is 1. The highest BCUT2D eigenvalue weighted by Gasteiger charge is 2.18. The van der Waals surface area contributed by atoms with Crippen LogP contribution in [-0.2, 0) is 0 Å². The van der Waals surface area contributed by atoms with Crippen molar-refractivity contribution in [1.29, 1.82) is 0 Å². The second kappa shape index (κ2) is 5.06. The molecule has 7 heteroatoms. The molecule has 5 nitrogen and oxygen atoms in total. The number of aromatic nitrogens is 2. The van der Waals surface area contributed by atoms with Crippen LogP contribution in [0.4, 0.5) is 4.39 Å². The third-order valence-corrected chi connectivity index (χ3v) is 3.97. The molecular formula is C13H17FN4OS. The minimum atomic E-state index is -0.387. The van der Waals surface area contributed by atoms with Crippen LogP contribution in [0.2, 0.25) is 0 Å². The maximum absolute atomic E-state index is 13.7. The van der Waals surface area contributed by atoms with E-state index in [1.807, 2.05) is 4.68 Å². The predicted octanol–water partition coefficient (Wildman–Crippen LogP) is 1.73. The van der Waals surface area contributed by atoms with Crippen LogP contribution in [0.15, 0.2) is 12.1 Å². The molecule has 20 heavy (non-hydrogen) atoms. The van der Waals surface area contributed by atoms with Gasteiger partial charge in [0.15, 0.2) is 16.3 Å². The topological polar surface area (TPSA) is 36.4 Å². The summed E-state index contributed by atoms with van der Waals surface area (Å²) in [6, 6.07) is 3.12. The number of nitrogens with one attached hydrogen (secondary N) is 1. The van der Waals surface area contributed by atoms with Crippen molar-refractivity contribution < 1.29 is 9.13 Å². The summed E-state index contributed by atoms with van der Waals surface area (Å²) in [5.74, 6) is -0.156. The van der Waals surface area contributed by atoms with E-state index in [0.717, 1.165) is 31.7 Å². The molecule has 1 N–H and O–H groups in total. The van der Waals surface area contributed by atoms with Gasteiger partial charge in [-0.25, -0.2) is 9.07 Å². The molecule has 0 spiro atoms. The molecule has 2 heterocycles. The van der Waals surface area contributed by atoms with Crippen molar-refractivity contribution in [3.05, 3.63) is 22.7 Å². The third-order valence-electron chi connectivity index (χ3n) is 3.69. The normalized spacial score (nSPS) is 16.9. The number of H-pyrrole nitrogens is 1. The van der Waals surface area contributed by atoms with Gasteiger partial charge in [0.25, 0.3) is 0 Å². The summed E-state index contributed by atoms with van der Waals surface area (Å²) in [6.07, 6.45) is 0. The minimum absolute atomic E-state index is 0.231. The van der Waals surface area contributed by atoms with Crippen LogP contribution in [0.3, 0.4) is 0 Å². The Kier molecular flexibility index (Phi) is 3.39. The average Bonchev–Trinajstić information content (AvgIpc) is 2.74. The molecule has 1 aliphatic rings. The van der Waals surface area contributed by atoms with Gasteiger partial charge in [-0.15, -0.1) is 0 Å². The highest BCUT2D eigenvalue weighted by atomic mass is 32.1. The van der Waals surface area contributed by atoms with Crippen molar-refractivity contribution in [3.63, 3.8) is 0 Å². The first-order chi connectivity index (χ1) is 9.60. The summed E-state index contributed by atoms with van der Waals surface area (Å²) in [6.45, 7) is 3.73. The van der Waals surface area contributed by atoms with E-state index in [1.165, 1.54) is 13.2 Å². The summed E-state index contributed by atoms with van der Waals surface area (Å²) >= 11 is 5.37. The Hall–Kier alpha value is -1.60. The van der Waals surface area contributed by atoms with Crippen molar-refractivity contribution in [1.82, 2.24) is 14.6 Å². The van der Waals surface area contributed by atoms with Gasteiger partial charge >= 0.3 is 0 Å². The molecule has 1 aromatic carbocycles. The molecule has 0 atom stereocenters. The summed E-state index contributed by atoms with van der Waals surface area (Å²) in [4.78, 5) is 5.33. The standard InChI is InChI=1S/C13H17FN4OS/c1-16-3-5-17(6-4-16)18-11-8-12(19-2)9(14)7-10(11)15-13(18)20/h7-8H,3-6H2,1-2H3,(H,15,20). The van der Waals surface area contributed by atoms with E-state index in [1.54, 1.807) is 6.07 Å². The van der Waals surface area contributed by atoms with Crippen LogP contribution in [0.1, 0.15) is 0 Å². The lowest BCUT2D eigenvalue weighted by Crippen LogP contribution is -2.49. The lowest BCUT2D eigenvalue weighted by molar-refractivity contribution is 0.288. The van der Waals surface area contributed by atoms with Crippen LogP contribution in [0, 0.1) is 10.6 Å². The summed E-state index contributed by atoms with van der Waals surface area (Å²) in [5.41, 5.74) is 1.53. The number of benzene rings is 1. The van der Waals surface area contributed by atoms with Gasteiger partial charge in [0, 0.05) is 38.3 Å². The number of piperazine rings is 1. The van der Waals surface area contributed by atoms with Crippen molar-refractivity contribution in [2.24, 2.45) is 0 Å². The predicted molar refractivity (Wildman–Crippen MR) is 79.1 cm³/mol. The lowest BCUT2D eigenvalue weighted by atomic mass is 10.3. The Morgan fingerprint density at radius 3 is 2.60 bits per heavy atom. The summed E-state index contributed by atoms with van der Waals surface area (Å²) in [5, 5.41) is 2.18. The fraction of sp³-hybridized carbons (Fsp3) is 0.462. The largest absolute Gasteiger partial charge is 0.494 e. The van der Waals surface area contributed by atoms with Crippen molar-refractivity contribution >= 4 is 23.3 Å². The molecule has 1 saturated heterocycles. The molecule has 0 saturated carbocycles. The maximum Gasteiger partial charge on any atom is 0.197 e. The van der Waals surface area contributed by atoms with Gasteiger partial charge < -0.3 is 19.6 Å². The Labute approximate surface area is 121 Å². The average molecular weight is 296 g/mol. The van der Waals surface area contributed by atoms with Crippen LogP contribution >= 0.6 is 12.2 Å². The molecule has 0 unspecified atom stereocenters. The smallest absolute Gasteiger partial charge is 0.197 e. The third kappa shape index (κ3) is 2.16. The highest BCUT2D eigenvalue weighted by molar-refractivity contribution is 7.71. The molecule has 0 amide bonds. The molecule has 0 aliphatic carbocycles.